The van der Waals surface area contributed by atoms with Crippen LogP contribution in [0.15, 0.2) is 11.3 Å². The first kappa shape index (κ1) is 13.6. The first-order valence-electron chi connectivity index (χ1n) is 7.00. The van der Waals surface area contributed by atoms with Crippen molar-refractivity contribution in [3.63, 3.8) is 0 Å². The minimum atomic E-state index is -1.08. The fraction of sp³-hybridized carbons (Fsp3) is 0.714. The topological polar surface area (TPSA) is 87.1 Å². The quantitative estimate of drug-likeness (QED) is 0.729. The number of β-lactam (4-membered cyclic amide) rings is 1. The molecule has 6 heteroatoms. The van der Waals surface area contributed by atoms with E-state index in [1.165, 1.54) is 4.90 Å². The first-order valence-corrected chi connectivity index (χ1v) is 7.00. The van der Waals surface area contributed by atoms with Gasteiger partial charge in [-0.3, -0.25) is 4.79 Å². The Labute approximate surface area is 117 Å². The molecule has 2 N–H and O–H groups in total. The third kappa shape index (κ3) is 1.58. The molecule has 0 bridgehead atoms. The van der Waals surface area contributed by atoms with Gasteiger partial charge in [-0.05, 0) is 31.8 Å². The number of hydrogen-bond acceptors (Lipinski definition) is 4. The normalized spacial score (nSPS) is 37.4. The van der Waals surface area contributed by atoms with Gasteiger partial charge in [0, 0.05) is 13.0 Å². The molecule has 20 heavy (non-hydrogen) atoms. The number of methoxy groups -OCH3 is 1. The maximum absolute atomic E-state index is 12.2. The van der Waals surface area contributed by atoms with Gasteiger partial charge >= 0.3 is 5.97 Å². The van der Waals surface area contributed by atoms with Crippen molar-refractivity contribution < 1.29 is 24.5 Å². The average molecular weight is 281 g/mol. The lowest BCUT2D eigenvalue weighted by Crippen LogP contribution is -2.64. The van der Waals surface area contributed by atoms with E-state index in [1.54, 1.807) is 14.0 Å². The summed E-state index contributed by atoms with van der Waals surface area (Å²) in [4.78, 5) is 25.1. The third-order valence-corrected chi connectivity index (χ3v) is 4.85. The Morgan fingerprint density at radius 1 is 1.45 bits per heavy atom. The lowest BCUT2D eigenvalue weighted by Gasteiger charge is -2.47. The number of carboxylic acid groups (broad SMARTS) is 1. The zero-order chi connectivity index (χ0) is 14.6. The highest BCUT2D eigenvalue weighted by Gasteiger charge is 2.62. The highest BCUT2D eigenvalue weighted by molar-refractivity contribution is 6.00. The van der Waals surface area contributed by atoms with E-state index in [9.17, 15) is 19.8 Å². The number of hydrogen-bond donors (Lipinski definition) is 2. The van der Waals surface area contributed by atoms with Crippen LogP contribution in [0.3, 0.4) is 0 Å². The number of carboxylic acids is 1. The molecule has 1 unspecified atom stereocenters. The molecule has 1 saturated carbocycles. The fourth-order valence-electron chi connectivity index (χ4n) is 4.08. The molecule has 5 atom stereocenters. The highest BCUT2D eigenvalue weighted by atomic mass is 16.5. The highest BCUT2D eigenvalue weighted by Crippen LogP contribution is 2.52. The molecule has 2 fully saturated rings. The van der Waals surface area contributed by atoms with Crippen LogP contribution < -0.4 is 0 Å². The molecule has 3 aliphatic rings. The summed E-state index contributed by atoms with van der Waals surface area (Å²) in [6.45, 7) is 1.59. The standard InChI is InChI=1S/C14H19NO5/c1-6(16)9-11-7-4-3-5-8(20-2)10(7)12(14(18)19)15(11)13(9)17/h6-9,11,16H,3-5H2,1-2H3,(H,18,19)/t6-,7+,8+,9-,11?/m1/s1. The Bertz CT molecular complexity index is 498. The molecule has 2 heterocycles. The number of carbonyl (C=O) groups excluding carboxylic acids is 1. The monoisotopic (exact) mass is 281 g/mol. The van der Waals surface area contributed by atoms with Gasteiger partial charge in [0.2, 0.25) is 5.91 Å². The molecular formula is C14H19NO5. The second kappa shape index (κ2) is 4.56. The van der Waals surface area contributed by atoms with Gasteiger partial charge in [0.25, 0.3) is 0 Å². The molecular weight excluding hydrogens is 262 g/mol. The summed E-state index contributed by atoms with van der Waals surface area (Å²) in [7, 11) is 1.57. The summed E-state index contributed by atoms with van der Waals surface area (Å²) >= 11 is 0. The van der Waals surface area contributed by atoms with Crippen molar-refractivity contribution in [2.24, 2.45) is 11.8 Å². The van der Waals surface area contributed by atoms with E-state index in [2.05, 4.69) is 0 Å². The summed E-state index contributed by atoms with van der Waals surface area (Å²) in [5.41, 5.74) is 0.834. The van der Waals surface area contributed by atoms with Crippen molar-refractivity contribution >= 4 is 11.9 Å². The van der Waals surface area contributed by atoms with Gasteiger partial charge in [0.05, 0.1) is 24.2 Å². The zero-order valence-electron chi connectivity index (χ0n) is 11.6. The zero-order valence-corrected chi connectivity index (χ0v) is 11.6. The van der Waals surface area contributed by atoms with E-state index >= 15 is 0 Å². The van der Waals surface area contributed by atoms with Gasteiger partial charge in [0.1, 0.15) is 5.70 Å². The number of rotatable bonds is 3. The second-order valence-electron chi connectivity index (χ2n) is 5.84. The van der Waals surface area contributed by atoms with Crippen LogP contribution in [0.2, 0.25) is 0 Å². The maximum atomic E-state index is 12.2. The van der Waals surface area contributed by atoms with Gasteiger partial charge in [-0.25, -0.2) is 4.79 Å². The van der Waals surface area contributed by atoms with Crippen LogP contribution >= 0.6 is 0 Å². The largest absolute Gasteiger partial charge is 0.477 e. The lowest BCUT2D eigenvalue weighted by atomic mass is 9.72. The molecule has 6 nitrogen and oxygen atoms in total. The van der Waals surface area contributed by atoms with Gasteiger partial charge < -0.3 is 19.8 Å². The van der Waals surface area contributed by atoms with Gasteiger partial charge in [-0.15, -0.1) is 0 Å². The predicted molar refractivity (Wildman–Crippen MR) is 68.6 cm³/mol. The number of fused-ring (bicyclic) bond motifs is 3. The van der Waals surface area contributed by atoms with Crippen LogP contribution in [0.25, 0.3) is 0 Å². The number of aliphatic carboxylic acids is 1. The first-order chi connectivity index (χ1) is 9.49. The van der Waals surface area contributed by atoms with Crippen LogP contribution in [0, 0.1) is 11.8 Å². The van der Waals surface area contributed by atoms with Gasteiger partial charge in [-0.2, -0.15) is 0 Å². The number of carbonyl (C=O) groups is 2. The summed E-state index contributed by atoms with van der Waals surface area (Å²) in [6, 6.07) is -0.207. The van der Waals surface area contributed by atoms with E-state index in [4.69, 9.17) is 4.74 Å². The van der Waals surface area contributed by atoms with Crippen LogP contribution in [0.4, 0.5) is 0 Å². The molecule has 1 amide bonds. The summed E-state index contributed by atoms with van der Waals surface area (Å²) < 4.78 is 5.42. The second-order valence-corrected chi connectivity index (χ2v) is 5.84. The van der Waals surface area contributed by atoms with Gasteiger partial charge in [0.15, 0.2) is 0 Å². The van der Waals surface area contributed by atoms with Crippen LogP contribution in [0.1, 0.15) is 26.2 Å². The van der Waals surface area contributed by atoms with E-state index in [0.29, 0.717) is 0 Å². The molecule has 110 valence electrons. The lowest BCUT2D eigenvalue weighted by molar-refractivity contribution is -0.163. The third-order valence-electron chi connectivity index (χ3n) is 4.85. The summed E-state index contributed by atoms with van der Waals surface area (Å²) in [6.07, 6.45) is 1.61. The maximum Gasteiger partial charge on any atom is 0.352 e. The number of amides is 1. The van der Waals surface area contributed by atoms with Crippen LogP contribution in [-0.2, 0) is 14.3 Å². The molecule has 1 aliphatic carbocycles. The number of nitrogens with zero attached hydrogens (tertiary/aromatic N) is 1. The molecule has 2 aliphatic heterocycles. The molecule has 1 saturated heterocycles. The predicted octanol–water partition coefficient (Wildman–Crippen LogP) is 0.362. The molecule has 0 aromatic carbocycles. The van der Waals surface area contributed by atoms with E-state index in [1.807, 2.05) is 0 Å². The van der Waals surface area contributed by atoms with Crippen LogP contribution in [0.5, 0.6) is 0 Å². The van der Waals surface area contributed by atoms with Gasteiger partial charge in [-0.1, -0.05) is 0 Å². The van der Waals surface area contributed by atoms with Crippen molar-refractivity contribution in [2.75, 3.05) is 7.11 Å². The molecule has 3 rings (SSSR count). The summed E-state index contributed by atoms with van der Waals surface area (Å²) in [5, 5.41) is 19.2. The minimum absolute atomic E-state index is 0.0112. The number of ether oxygens (including phenoxy) is 1. The fourth-order valence-corrected chi connectivity index (χ4v) is 4.08. The number of aliphatic hydroxyl groups is 1. The van der Waals surface area contributed by atoms with Crippen molar-refractivity contribution in [3.05, 3.63) is 11.3 Å². The molecule has 0 spiro atoms. The van der Waals surface area contributed by atoms with Crippen molar-refractivity contribution in [3.8, 4) is 0 Å². The van der Waals surface area contributed by atoms with Crippen molar-refractivity contribution in [1.82, 2.24) is 4.90 Å². The Balaban J connectivity index is 2.04. The average Bonchev–Trinajstić information content (AvgIpc) is 2.69. The SMILES string of the molecule is CO[C@H]1CCC[C@H]2C1=C(C(=O)O)N1C(=O)[C@H]([C@@H](C)O)C21. The number of aliphatic hydroxyl groups excluding tert-OH is 1. The van der Waals surface area contributed by atoms with E-state index in [-0.39, 0.29) is 29.7 Å². The minimum Gasteiger partial charge on any atom is -0.477 e. The van der Waals surface area contributed by atoms with Crippen molar-refractivity contribution in [1.29, 1.82) is 0 Å². The molecule has 0 radical (unpaired) electrons. The molecule has 0 aromatic rings. The molecule has 0 aromatic heterocycles. The van der Waals surface area contributed by atoms with Crippen molar-refractivity contribution in [2.45, 2.75) is 44.4 Å². The van der Waals surface area contributed by atoms with E-state index in [0.717, 1.165) is 24.8 Å². The Hall–Kier alpha value is -1.40. The smallest absolute Gasteiger partial charge is 0.352 e. The van der Waals surface area contributed by atoms with Crippen LogP contribution in [-0.4, -0.2) is 52.3 Å². The Kier molecular flexibility index (Phi) is 3.10. The Morgan fingerprint density at radius 2 is 2.15 bits per heavy atom. The Morgan fingerprint density at radius 3 is 2.70 bits per heavy atom. The van der Waals surface area contributed by atoms with E-state index < -0.39 is 18.0 Å². The summed E-state index contributed by atoms with van der Waals surface area (Å²) in [5.74, 6) is -1.83.